The quantitative estimate of drug-likeness (QED) is 0.0253. The van der Waals surface area contributed by atoms with Crippen LogP contribution >= 0.6 is 0 Å². The Morgan fingerprint density at radius 1 is 0.940 bits per heavy atom. The van der Waals surface area contributed by atoms with E-state index in [9.17, 15) is 58.4 Å². The molecule has 4 rings (SSSR count). The van der Waals surface area contributed by atoms with Gasteiger partial charge in [0.2, 0.25) is 0 Å². The molecule has 1 aliphatic carbocycles. The Hall–Kier alpha value is -5.72. The average molecular weight is 754 g/mol. The number of carboxylic acid groups (broad SMARTS) is 1. The van der Waals surface area contributed by atoms with Gasteiger partial charge in [-0.25, -0.2) is 10.2 Å². The first-order valence-electron chi connectivity index (χ1n) is 13.2. The van der Waals surface area contributed by atoms with Crippen LogP contribution < -0.4 is 21.8 Å². The molecule has 0 bridgehead atoms. The number of carbonyl (C=O) groups excluding carboxylic acids is 2. The summed E-state index contributed by atoms with van der Waals surface area (Å²) >= 11 is 0. The molecule has 2 amide bonds. The summed E-state index contributed by atoms with van der Waals surface area (Å²) in [5.74, 6) is -6.41. The number of nitrogens with two attached hydrogens (primary N) is 1. The number of carbonyl (C=O) groups is 3. The topological polar surface area (TPSA) is 354 Å². The van der Waals surface area contributed by atoms with Gasteiger partial charge in [-0.3, -0.25) is 28.7 Å². The first-order chi connectivity index (χ1) is 23.2. The van der Waals surface area contributed by atoms with Crippen LogP contribution in [0.1, 0.15) is 20.7 Å². The SMILES string of the molecule is N=c1ccc2c(-c3ccc(C(=O)NC(CS(=O)(=O)O)C(=O)N/N=C\C=C\O)cc3C(=O)O)c3ccc(N)c(S(=O)(=O)O)c3oc-2c1S(=O)(=O)O. The van der Waals surface area contributed by atoms with Crippen molar-refractivity contribution in [1.82, 2.24) is 10.7 Å². The number of allylic oxidation sites excluding steroid dienone is 1. The highest BCUT2D eigenvalue weighted by Crippen LogP contribution is 2.45. The summed E-state index contributed by atoms with van der Waals surface area (Å²) in [6.45, 7) is 0. The number of nitrogens with one attached hydrogen (secondary N) is 3. The van der Waals surface area contributed by atoms with Gasteiger partial charge in [0.1, 0.15) is 11.8 Å². The summed E-state index contributed by atoms with van der Waals surface area (Å²) < 4.78 is 107. The number of aromatic carboxylic acids is 1. The Kier molecular flexibility index (Phi) is 10.1. The number of fused-ring (bicyclic) bond motifs is 2. The minimum atomic E-state index is -5.28. The third-order valence-corrected chi connectivity index (χ3v) is 9.33. The molecular formula is C27H23N5O15S3. The van der Waals surface area contributed by atoms with E-state index in [2.05, 4.69) is 5.10 Å². The molecule has 0 spiro atoms. The van der Waals surface area contributed by atoms with Crippen LogP contribution in [-0.2, 0) is 35.1 Å². The molecule has 264 valence electrons. The van der Waals surface area contributed by atoms with E-state index in [0.29, 0.717) is 6.26 Å². The highest BCUT2D eigenvalue weighted by molar-refractivity contribution is 7.86. The van der Waals surface area contributed by atoms with Crippen molar-refractivity contribution in [1.29, 1.82) is 5.41 Å². The lowest BCUT2D eigenvalue weighted by atomic mass is 9.89. The molecule has 1 aliphatic heterocycles. The van der Waals surface area contributed by atoms with Gasteiger partial charge >= 0.3 is 5.97 Å². The number of aliphatic hydroxyl groups excluding tert-OH is 1. The van der Waals surface area contributed by atoms with Crippen molar-refractivity contribution >= 4 is 71.0 Å². The van der Waals surface area contributed by atoms with Gasteiger partial charge in [0.25, 0.3) is 42.2 Å². The summed E-state index contributed by atoms with van der Waals surface area (Å²) in [4.78, 5) is 36.1. The normalized spacial score (nSPS) is 13.2. The summed E-state index contributed by atoms with van der Waals surface area (Å²) in [5, 5.41) is 31.2. The van der Waals surface area contributed by atoms with Crippen LogP contribution in [0, 0.1) is 5.41 Å². The lowest BCUT2D eigenvalue weighted by Crippen LogP contribution is -2.49. The molecule has 2 aromatic rings. The van der Waals surface area contributed by atoms with Gasteiger partial charge in [0.15, 0.2) is 21.1 Å². The van der Waals surface area contributed by atoms with Gasteiger partial charge in [0, 0.05) is 22.1 Å². The number of carboxylic acids is 1. The smallest absolute Gasteiger partial charge is 0.336 e. The molecule has 0 aromatic heterocycles. The van der Waals surface area contributed by atoms with Gasteiger partial charge in [-0.15, -0.1) is 0 Å². The Bertz CT molecular complexity index is 2510. The number of aliphatic hydroxyl groups is 1. The maximum absolute atomic E-state index is 13.2. The second-order valence-electron chi connectivity index (χ2n) is 10.0. The first kappa shape index (κ1) is 37.1. The van der Waals surface area contributed by atoms with Gasteiger partial charge in [-0.05, 0) is 48.0 Å². The predicted molar refractivity (Wildman–Crippen MR) is 171 cm³/mol. The fourth-order valence-electron chi connectivity index (χ4n) is 4.77. The van der Waals surface area contributed by atoms with Crippen molar-refractivity contribution in [2.24, 2.45) is 5.10 Å². The molecule has 0 saturated carbocycles. The van der Waals surface area contributed by atoms with E-state index in [4.69, 9.17) is 20.7 Å². The van der Waals surface area contributed by atoms with Gasteiger partial charge in [-0.2, -0.15) is 30.4 Å². The van der Waals surface area contributed by atoms with Crippen molar-refractivity contribution in [2.45, 2.75) is 15.8 Å². The fourth-order valence-corrected chi connectivity index (χ4v) is 6.91. The average Bonchev–Trinajstić information content (AvgIpc) is 2.99. The Labute approximate surface area is 280 Å². The van der Waals surface area contributed by atoms with Crippen LogP contribution in [0.5, 0.6) is 0 Å². The number of hydrazone groups is 1. The lowest BCUT2D eigenvalue weighted by Gasteiger charge is -2.20. The monoisotopic (exact) mass is 753 g/mol. The predicted octanol–water partition coefficient (Wildman–Crippen LogP) is 0.618. The molecule has 50 heavy (non-hydrogen) atoms. The second-order valence-corrected chi connectivity index (χ2v) is 14.3. The van der Waals surface area contributed by atoms with Crippen LogP contribution in [0.15, 0.2) is 74.1 Å². The Morgan fingerprint density at radius 2 is 1.58 bits per heavy atom. The molecular weight excluding hydrogens is 731 g/mol. The number of amides is 2. The van der Waals surface area contributed by atoms with Crippen LogP contribution in [0.25, 0.3) is 33.4 Å². The maximum Gasteiger partial charge on any atom is 0.336 e. The van der Waals surface area contributed by atoms with Gasteiger partial charge in [0.05, 0.1) is 29.1 Å². The van der Waals surface area contributed by atoms with E-state index in [1.165, 1.54) is 0 Å². The Morgan fingerprint density at radius 3 is 2.16 bits per heavy atom. The third kappa shape index (κ3) is 7.77. The minimum absolute atomic E-state index is 0.278. The summed E-state index contributed by atoms with van der Waals surface area (Å²) in [7, 11) is -15.4. The highest BCUT2D eigenvalue weighted by Gasteiger charge is 2.32. The number of hydrogen-bond donors (Lipinski definition) is 9. The van der Waals surface area contributed by atoms with E-state index in [0.717, 1.165) is 54.8 Å². The van der Waals surface area contributed by atoms with Crippen molar-refractivity contribution in [2.75, 3.05) is 11.5 Å². The standard InChI is InChI=1S/C27H23N5O15S3/c28-17-6-4-14-20(15-5-7-18(29)24(50(44,45)46)22(15)47-21(14)23(17)49(41,42)43)13-3-2-12(10-16(13)27(36)37)25(34)31-19(11-48(38,39)40)26(35)32-30-8-1-9-33/h1-10,19,28,33H,11,29H2,(H,31,34)(H,32,35)(H,36,37)(H,38,39,40)(H,41,42,43)(H,44,45,46)/b9-1+,28-17?,30-8-. The van der Waals surface area contributed by atoms with Gasteiger partial charge in [-0.1, -0.05) is 6.07 Å². The molecule has 1 atom stereocenters. The summed E-state index contributed by atoms with van der Waals surface area (Å²) in [6.07, 6.45) is 2.39. The van der Waals surface area contributed by atoms with Crippen molar-refractivity contribution in [3.63, 3.8) is 0 Å². The zero-order valence-corrected chi connectivity index (χ0v) is 27.1. The molecule has 1 heterocycles. The van der Waals surface area contributed by atoms with Crippen LogP contribution in [0.2, 0.25) is 0 Å². The van der Waals surface area contributed by atoms with Crippen LogP contribution in [-0.4, -0.2) is 84.9 Å². The van der Waals surface area contributed by atoms with Crippen molar-refractivity contribution in [3.8, 4) is 22.5 Å². The fraction of sp³-hybridized carbons (Fsp3) is 0.0741. The molecule has 2 aromatic carbocycles. The Balaban J connectivity index is 1.99. The van der Waals surface area contributed by atoms with Crippen LogP contribution in [0.4, 0.5) is 5.69 Å². The summed E-state index contributed by atoms with van der Waals surface area (Å²) in [5.41, 5.74) is 4.09. The molecule has 1 unspecified atom stereocenters. The van der Waals surface area contributed by atoms with Crippen LogP contribution in [0.3, 0.4) is 0 Å². The van der Waals surface area contributed by atoms with E-state index >= 15 is 0 Å². The molecule has 0 radical (unpaired) electrons. The van der Waals surface area contributed by atoms with Crippen molar-refractivity contribution < 1.29 is 67.9 Å². The number of rotatable bonds is 11. The van der Waals surface area contributed by atoms with E-state index < -0.39 is 103 Å². The zero-order chi connectivity index (χ0) is 37.3. The molecule has 2 aliphatic rings. The molecule has 10 N–H and O–H groups in total. The number of benzene rings is 3. The number of nitrogens with zero attached hydrogens (tertiary/aromatic N) is 1. The van der Waals surface area contributed by atoms with E-state index in [1.807, 2.05) is 10.7 Å². The van der Waals surface area contributed by atoms with Gasteiger partial charge < -0.3 is 25.7 Å². The molecule has 0 saturated heterocycles. The molecule has 23 heteroatoms. The van der Waals surface area contributed by atoms with Crippen molar-refractivity contribution in [3.05, 3.63) is 71.3 Å². The number of anilines is 1. The van der Waals surface area contributed by atoms with E-state index in [1.54, 1.807) is 0 Å². The second kappa shape index (κ2) is 13.7. The maximum atomic E-state index is 13.2. The lowest BCUT2D eigenvalue weighted by molar-refractivity contribution is -0.122. The zero-order valence-electron chi connectivity index (χ0n) is 24.6. The molecule has 0 fully saturated rings. The summed E-state index contributed by atoms with van der Waals surface area (Å²) in [6, 6.07) is 4.89. The first-order valence-corrected chi connectivity index (χ1v) is 17.7. The minimum Gasteiger partial charge on any atom is -0.516 e. The van der Waals surface area contributed by atoms with E-state index in [-0.39, 0.29) is 22.1 Å². The third-order valence-electron chi connectivity index (χ3n) is 6.72. The largest absolute Gasteiger partial charge is 0.516 e. The number of hydrogen-bond acceptors (Lipinski definition) is 14. The molecule has 20 nitrogen and oxygen atoms in total. The highest BCUT2D eigenvalue weighted by atomic mass is 32.2. The number of nitrogen functional groups attached to an aromatic ring is 1.